The molecule has 0 saturated carbocycles. The molecule has 1 heterocycles. The number of anilines is 3. The maximum absolute atomic E-state index is 5.99. The van der Waals surface area contributed by atoms with Gasteiger partial charge in [0.05, 0.1) is 11.6 Å². The lowest BCUT2D eigenvalue weighted by molar-refractivity contribution is 0.307. The Balaban J connectivity index is 2.22. The van der Waals surface area contributed by atoms with E-state index in [0.29, 0.717) is 29.0 Å². The standard InChI is InChI=1S/C13H14BrClN4O/c1-2-5-20-13-11(16)12(17-7-18-13)19-8-3-4-10(15)9(14)6-8/h3-4,6-7H,2,5,16H2,1H3,(H,17,18,19). The topological polar surface area (TPSA) is 73.1 Å². The second-order valence-corrected chi connectivity index (χ2v) is 5.30. The maximum Gasteiger partial charge on any atom is 0.242 e. The van der Waals surface area contributed by atoms with E-state index in [1.165, 1.54) is 6.33 Å². The van der Waals surface area contributed by atoms with E-state index in [-0.39, 0.29) is 0 Å². The molecule has 7 heteroatoms. The molecule has 0 aliphatic heterocycles. The summed E-state index contributed by atoms with van der Waals surface area (Å²) in [5.41, 5.74) is 7.18. The molecule has 20 heavy (non-hydrogen) atoms. The van der Waals surface area contributed by atoms with Gasteiger partial charge in [0, 0.05) is 10.2 Å². The highest BCUT2D eigenvalue weighted by atomic mass is 79.9. The molecular weight excluding hydrogens is 344 g/mol. The van der Waals surface area contributed by atoms with Crippen molar-refractivity contribution in [3.8, 4) is 5.88 Å². The van der Waals surface area contributed by atoms with Crippen molar-refractivity contribution in [2.24, 2.45) is 0 Å². The van der Waals surface area contributed by atoms with Crippen molar-refractivity contribution in [1.82, 2.24) is 9.97 Å². The van der Waals surface area contributed by atoms with Crippen LogP contribution in [0.4, 0.5) is 17.2 Å². The molecule has 2 rings (SSSR count). The van der Waals surface area contributed by atoms with Crippen LogP contribution < -0.4 is 15.8 Å². The van der Waals surface area contributed by atoms with Crippen LogP contribution in [0.1, 0.15) is 13.3 Å². The molecule has 2 aromatic rings. The van der Waals surface area contributed by atoms with Crippen molar-refractivity contribution >= 4 is 44.7 Å². The lowest BCUT2D eigenvalue weighted by Gasteiger charge is -2.12. The third kappa shape index (κ3) is 3.52. The Morgan fingerprint density at radius 3 is 2.90 bits per heavy atom. The van der Waals surface area contributed by atoms with E-state index in [9.17, 15) is 0 Å². The van der Waals surface area contributed by atoms with Gasteiger partial charge in [-0.15, -0.1) is 0 Å². The molecule has 1 aromatic heterocycles. The summed E-state index contributed by atoms with van der Waals surface area (Å²) in [4.78, 5) is 8.14. The number of nitrogens with one attached hydrogen (secondary N) is 1. The number of rotatable bonds is 5. The van der Waals surface area contributed by atoms with Gasteiger partial charge in [-0.3, -0.25) is 0 Å². The lowest BCUT2D eigenvalue weighted by Crippen LogP contribution is -2.05. The van der Waals surface area contributed by atoms with Gasteiger partial charge in [-0.25, -0.2) is 4.98 Å². The van der Waals surface area contributed by atoms with E-state index in [2.05, 4.69) is 31.2 Å². The SMILES string of the molecule is CCCOc1ncnc(Nc2ccc(Cl)c(Br)c2)c1N. The summed E-state index contributed by atoms with van der Waals surface area (Å²) in [7, 11) is 0. The minimum absolute atomic E-state index is 0.382. The Morgan fingerprint density at radius 2 is 2.20 bits per heavy atom. The van der Waals surface area contributed by atoms with Crippen molar-refractivity contribution in [3.05, 3.63) is 34.0 Å². The summed E-state index contributed by atoms with van der Waals surface area (Å²) in [6, 6.07) is 5.46. The molecule has 106 valence electrons. The zero-order valence-electron chi connectivity index (χ0n) is 10.9. The summed E-state index contributed by atoms with van der Waals surface area (Å²) in [6.45, 7) is 2.58. The van der Waals surface area contributed by atoms with Crippen LogP contribution in [0, 0.1) is 0 Å². The molecule has 0 unspecified atom stereocenters. The molecule has 0 amide bonds. The van der Waals surface area contributed by atoms with Gasteiger partial charge in [0.1, 0.15) is 12.0 Å². The van der Waals surface area contributed by atoms with Crippen LogP contribution in [0.2, 0.25) is 5.02 Å². The number of halogens is 2. The fourth-order valence-electron chi connectivity index (χ4n) is 1.50. The average Bonchev–Trinajstić information content (AvgIpc) is 2.44. The van der Waals surface area contributed by atoms with E-state index in [1.807, 2.05) is 19.1 Å². The van der Waals surface area contributed by atoms with Crippen LogP contribution in [-0.4, -0.2) is 16.6 Å². The second kappa shape index (κ2) is 6.76. The molecule has 1 aromatic carbocycles. The first-order valence-corrected chi connectivity index (χ1v) is 7.24. The second-order valence-electron chi connectivity index (χ2n) is 4.04. The normalized spacial score (nSPS) is 10.3. The van der Waals surface area contributed by atoms with Crippen LogP contribution >= 0.6 is 27.5 Å². The average molecular weight is 358 g/mol. The first kappa shape index (κ1) is 14.9. The molecule has 0 saturated heterocycles. The van der Waals surface area contributed by atoms with Crippen LogP contribution in [-0.2, 0) is 0 Å². The number of hydrogen-bond donors (Lipinski definition) is 2. The van der Waals surface area contributed by atoms with E-state index >= 15 is 0 Å². The van der Waals surface area contributed by atoms with Crippen LogP contribution in [0.15, 0.2) is 29.0 Å². The fraction of sp³-hybridized carbons (Fsp3) is 0.231. The number of aromatic nitrogens is 2. The Bertz CT molecular complexity index is 609. The first-order valence-electron chi connectivity index (χ1n) is 6.07. The highest BCUT2D eigenvalue weighted by Gasteiger charge is 2.10. The van der Waals surface area contributed by atoms with Crippen molar-refractivity contribution in [1.29, 1.82) is 0 Å². The molecule has 3 N–H and O–H groups in total. The highest BCUT2D eigenvalue weighted by Crippen LogP contribution is 2.30. The largest absolute Gasteiger partial charge is 0.476 e. The highest BCUT2D eigenvalue weighted by molar-refractivity contribution is 9.10. The predicted molar refractivity (Wildman–Crippen MR) is 84.7 cm³/mol. The van der Waals surface area contributed by atoms with Crippen molar-refractivity contribution in [2.75, 3.05) is 17.7 Å². The van der Waals surface area contributed by atoms with Crippen molar-refractivity contribution < 1.29 is 4.74 Å². The van der Waals surface area contributed by atoms with Gasteiger partial charge in [-0.2, -0.15) is 4.98 Å². The number of nitrogens with zero attached hydrogens (tertiary/aromatic N) is 2. The predicted octanol–water partition coefficient (Wildman–Crippen LogP) is 4.01. The molecule has 0 fully saturated rings. The molecular formula is C13H14BrClN4O. The first-order chi connectivity index (χ1) is 9.61. The smallest absolute Gasteiger partial charge is 0.242 e. The third-order valence-electron chi connectivity index (χ3n) is 2.47. The number of nitrogens with two attached hydrogens (primary N) is 1. The van der Waals surface area contributed by atoms with Crippen molar-refractivity contribution in [3.63, 3.8) is 0 Å². The zero-order valence-corrected chi connectivity index (χ0v) is 13.2. The van der Waals surface area contributed by atoms with Gasteiger partial charge in [0.15, 0.2) is 5.82 Å². The molecule has 0 radical (unpaired) electrons. The number of ether oxygens (including phenoxy) is 1. The Hall–Kier alpha value is -1.53. The minimum Gasteiger partial charge on any atom is -0.476 e. The van der Waals surface area contributed by atoms with Crippen molar-refractivity contribution in [2.45, 2.75) is 13.3 Å². The maximum atomic E-state index is 5.99. The number of hydrogen-bond acceptors (Lipinski definition) is 5. The quantitative estimate of drug-likeness (QED) is 0.846. The summed E-state index contributed by atoms with van der Waals surface area (Å²) < 4.78 is 6.25. The van der Waals surface area contributed by atoms with Gasteiger partial charge < -0.3 is 15.8 Å². The summed E-state index contributed by atoms with van der Waals surface area (Å²) >= 11 is 9.32. The summed E-state index contributed by atoms with van der Waals surface area (Å²) in [5, 5.41) is 3.75. The van der Waals surface area contributed by atoms with E-state index in [0.717, 1.165) is 16.6 Å². The number of nitrogen functional groups attached to an aromatic ring is 1. The van der Waals surface area contributed by atoms with Gasteiger partial charge >= 0.3 is 0 Å². The van der Waals surface area contributed by atoms with E-state index in [1.54, 1.807) is 6.07 Å². The fourth-order valence-corrected chi connectivity index (χ4v) is 2.00. The molecule has 0 aliphatic rings. The Morgan fingerprint density at radius 1 is 1.40 bits per heavy atom. The third-order valence-corrected chi connectivity index (χ3v) is 3.69. The minimum atomic E-state index is 0.382. The van der Waals surface area contributed by atoms with Gasteiger partial charge in [-0.1, -0.05) is 18.5 Å². The Labute approximate surface area is 130 Å². The van der Waals surface area contributed by atoms with Crippen LogP contribution in [0.3, 0.4) is 0 Å². The van der Waals surface area contributed by atoms with E-state index in [4.69, 9.17) is 22.1 Å². The van der Waals surface area contributed by atoms with E-state index < -0.39 is 0 Å². The lowest BCUT2D eigenvalue weighted by atomic mass is 10.3. The molecule has 5 nitrogen and oxygen atoms in total. The van der Waals surface area contributed by atoms with Gasteiger partial charge in [0.2, 0.25) is 5.88 Å². The van der Waals surface area contributed by atoms with Crippen LogP contribution in [0.25, 0.3) is 0 Å². The summed E-state index contributed by atoms with van der Waals surface area (Å²) in [5.74, 6) is 0.887. The molecule has 0 aliphatic carbocycles. The van der Waals surface area contributed by atoms with Gasteiger partial charge in [0.25, 0.3) is 0 Å². The van der Waals surface area contributed by atoms with Crippen LogP contribution in [0.5, 0.6) is 5.88 Å². The zero-order chi connectivity index (χ0) is 14.5. The summed E-state index contributed by atoms with van der Waals surface area (Å²) in [6.07, 6.45) is 2.30. The van der Waals surface area contributed by atoms with Gasteiger partial charge in [-0.05, 0) is 40.5 Å². The molecule has 0 spiro atoms. The Kier molecular flexibility index (Phi) is 5.03. The molecule has 0 bridgehead atoms. The number of benzene rings is 1. The molecule has 0 atom stereocenters. The monoisotopic (exact) mass is 356 g/mol.